The van der Waals surface area contributed by atoms with E-state index in [0.29, 0.717) is 17.9 Å². The van der Waals surface area contributed by atoms with Gasteiger partial charge in [0.2, 0.25) is 0 Å². The summed E-state index contributed by atoms with van der Waals surface area (Å²) >= 11 is 0. The van der Waals surface area contributed by atoms with Crippen molar-refractivity contribution in [2.24, 2.45) is 0 Å². The molecule has 0 bridgehead atoms. The van der Waals surface area contributed by atoms with Crippen LogP contribution in [0.4, 0.5) is 4.39 Å². The van der Waals surface area contributed by atoms with Gasteiger partial charge in [0.25, 0.3) is 0 Å². The largest absolute Gasteiger partial charge is 0.488 e. The SMILES string of the molecule is CCn1cc(COc2cc(F)ccc2[C@H](C)O)cn1. The molecule has 4 nitrogen and oxygen atoms in total. The predicted molar refractivity (Wildman–Crippen MR) is 69.3 cm³/mol. The third-order valence-corrected chi connectivity index (χ3v) is 2.83. The zero-order valence-corrected chi connectivity index (χ0v) is 11.0. The van der Waals surface area contributed by atoms with E-state index in [2.05, 4.69) is 5.10 Å². The van der Waals surface area contributed by atoms with Crippen LogP contribution in [-0.2, 0) is 13.2 Å². The summed E-state index contributed by atoms with van der Waals surface area (Å²) in [6.45, 7) is 4.70. The molecule has 2 aromatic rings. The predicted octanol–water partition coefficient (Wildman–Crippen LogP) is 2.67. The molecule has 0 amide bonds. The van der Waals surface area contributed by atoms with Crippen LogP contribution < -0.4 is 4.74 Å². The quantitative estimate of drug-likeness (QED) is 0.903. The first-order chi connectivity index (χ1) is 9.10. The maximum absolute atomic E-state index is 13.2. The molecular formula is C14H17FN2O2. The standard InChI is InChI=1S/C14H17FN2O2/c1-3-17-8-11(7-16-17)9-19-14-6-12(15)4-5-13(14)10(2)18/h4-8,10,18H,3,9H2,1-2H3/t10-/m0/s1. The van der Waals surface area contributed by atoms with E-state index in [1.165, 1.54) is 18.2 Å². The minimum Gasteiger partial charge on any atom is -0.488 e. The van der Waals surface area contributed by atoms with Gasteiger partial charge in [-0.25, -0.2) is 4.39 Å². The monoisotopic (exact) mass is 264 g/mol. The molecule has 1 N–H and O–H groups in total. The van der Waals surface area contributed by atoms with Crippen molar-refractivity contribution in [3.05, 3.63) is 47.5 Å². The number of hydrogen-bond acceptors (Lipinski definition) is 3. The van der Waals surface area contributed by atoms with E-state index in [0.717, 1.165) is 12.1 Å². The number of aromatic nitrogens is 2. The molecule has 0 aliphatic carbocycles. The fourth-order valence-electron chi connectivity index (χ4n) is 1.79. The lowest BCUT2D eigenvalue weighted by atomic mass is 10.1. The smallest absolute Gasteiger partial charge is 0.128 e. The molecule has 0 fully saturated rings. The van der Waals surface area contributed by atoms with Crippen LogP contribution in [0.15, 0.2) is 30.6 Å². The summed E-state index contributed by atoms with van der Waals surface area (Å²) in [5, 5.41) is 13.8. The molecular weight excluding hydrogens is 247 g/mol. The minimum absolute atomic E-state index is 0.295. The van der Waals surface area contributed by atoms with Crippen LogP contribution in [0.2, 0.25) is 0 Å². The van der Waals surface area contributed by atoms with Gasteiger partial charge in [0, 0.05) is 29.9 Å². The Morgan fingerprint density at radius 2 is 2.26 bits per heavy atom. The number of benzene rings is 1. The van der Waals surface area contributed by atoms with E-state index < -0.39 is 6.10 Å². The fourth-order valence-corrected chi connectivity index (χ4v) is 1.79. The summed E-state index contributed by atoms with van der Waals surface area (Å²) in [5.74, 6) is -0.0251. The summed E-state index contributed by atoms with van der Waals surface area (Å²) in [6.07, 6.45) is 2.89. The van der Waals surface area contributed by atoms with Gasteiger partial charge in [0.1, 0.15) is 18.2 Å². The van der Waals surface area contributed by atoms with Gasteiger partial charge < -0.3 is 9.84 Å². The van der Waals surface area contributed by atoms with Crippen molar-refractivity contribution in [1.82, 2.24) is 9.78 Å². The second-order valence-corrected chi connectivity index (χ2v) is 4.35. The average molecular weight is 264 g/mol. The number of hydrogen-bond donors (Lipinski definition) is 1. The molecule has 0 saturated heterocycles. The molecule has 0 aliphatic heterocycles. The van der Waals surface area contributed by atoms with E-state index in [9.17, 15) is 9.50 Å². The van der Waals surface area contributed by atoms with E-state index >= 15 is 0 Å². The molecule has 0 aliphatic rings. The molecule has 102 valence electrons. The molecule has 2 rings (SSSR count). The van der Waals surface area contributed by atoms with Gasteiger partial charge in [0.05, 0.1) is 12.3 Å². The molecule has 5 heteroatoms. The fraction of sp³-hybridized carbons (Fsp3) is 0.357. The second-order valence-electron chi connectivity index (χ2n) is 4.35. The Hall–Kier alpha value is -1.88. The highest BCUT2D eigenvalue weighted by Crippen LogP contribution is 2.26. The molecule has 1 heterocycles. The molecule has 1 aromatic heterocycles. The van der Waals surface area contributed by atoms with Crippen LogP contribution in [0.1, 0.15) is 31.1 Å². The third kappa shape index (κ3) is 3.32. The number of rotatable bonds is 5. The molecule has 0 unspecified atom stereocenters. The summed E-state index contributed by atoms with van der Waals surface area (Å²) in [7, 11) is 0. The summed E-state index contributed by atoms with van der Waals surface area (Å²) < 4.78 is 20.6. The van der Waals surface area contributed by atoms with Crippen LogP contribution in [-0.4, -0.2) is 14.9 Å². The van der Waals surface area contributed by atoms with Crippen molar-refractivity contribution in [1.29, 1.82) is 0 Å². The van der Waals surface area contributed by atoms with Crippen molar-refractivity contribution < 1.29 is 14.2 Å². The first kappa shape index (κ1) is 13.5. The average Bonchev–Trinajstić information content (AvgIpc) is 2.84. The lowest BCUT2D eigenvalue weighted by Crippen LogP contribution is -2.01. The molecule has 0 saturated carbocycles. The van der Waals surface area contributed by atoms with Gasteiger partial charge in [-0.1, -0.05) is 0 Å². The summed E-state index contributed by atoms with van der Waals surface area (Å²) in [6, 6.07) is 4.13. The third-order valence-electron chi connectivity index (χ3n) is 2.83. The maximum atomic E-state index is 13.2. The van der Waals surface area contributed by atoms with Crippen LogP contribution in [0.5, 0.6) is 5.75 Å². The zero-order chi connectivity index (χ0) is 13.8. The number of halogens is 1. The van der Waals surface area contributed by atoms with Crippen molar-refractivity contribution in [2.45, 2.75) is 33.1 Å². The lowest BCUT2D eigenvalue weighted by molar-refractivity contribution is 0.190. The number of ether oxygens (including phenoxy) is 1. The molecule has 1 atom stereocenters. The van der Waals surface area contributed by atoms with E-state index in [4.69, 9.17) is 4.74 Å². The van der Waals surface area contributed by atoms with Crippen molar-refractivity contribution in [2.75, 3.05) is 0 Å². The Labute approximate surface area is 111 Å². The Morgan fingerprint density at radius 1 is 1.47 bits per heavy atom. The minimum atomic E-state index is -0.700. The van der Waals surface area contributed by atoms with Gasteiger partial charge in [0.15, 0.2) is 0 Å². The molecule has 0 radical (unpaired) electrons. The molecule has 1 aromatic carbocycles. The van der Waals surface area contributed by atoms with Crippen LogP contribution in [0, 0.1) is 5.82 Å². The highest BCUT2D eigenvalue weighted by Gasteiger charge is 2.11. The number of nitrogens with zero attached hydrogens (tertiary/aromatic N) is 2. The van der Waals surface area contributed by atoms with Crippen LogP contribution >= 0.6 is 0 Å². The first-order valence-electron chi connectivity index (χ1n) is 6.21. The highest BCUT2D eigenvalue weighted by molar-refractivity contribution is 5.35. The first-order valence-corrected chi connectivity index (χ1v) is 6.21. The Balaban J connectivity index is 2.12. The topological polar surface area (TPSA) is 47.3 Å². The van der Waals surface area contributed by atoms with Gasteiger partial charge in [-0.3, -0.25) is 4.68 Å². The zero-order valence-electron chi connectivity index (χ0n) is 11.0. The summed E-state index contributed by atoms with van der Waals surface area (Å²) in [5.41, 5.74) is 1.48. The van der Waals surface area contributed by atoms with E-state index in [1.807, 2.05) is 13.1 Å². The Kier molecular flexibility index (Phi) is 4.16. The Bertz CT molecular complexity index is 552. The normalized spacial score (nSPS) is 12.4. The molecule has 0 spiro atoms. The molecule has 19 heavy (non-hydrogen) atoms. The van der Waals surface area contributed by atoms with Crippen LogP contribution in [0.25, 0.3) is 0 Å². The van der Waals surface area contributed by atoms with Gasteiger partial charge in [-0.2, -0.15) is 5.10 Å². The summed E-state index contributed by atoms with van der Waals surface area (Å²) in [4.78, 5) is 0. The Morgan fingerprint density at radius 3 is 2.89 bits per heavy atom. The van der Waals surface area contributed by atoms with Crippen molar-refractivity contribution in [3.63, 3.8) is 0 Å². The van der Waals surface area contributed by atoms with Crippen molar-refractivity contribution in [3.8, 4) is 5.75 Å². The second kappa shape index (κ2) is 5.84. The highest BCUT2D eigenvalue weighted by atomic mass is 19.1. The van der Waals surface area contributed by atoms with Gasteiger partial charge in [-0.05, 0) is 26.0 Å². The number of aliphatic hydroxyl groups excluding tert-OH is 1. The van der Waals surface area contributed by atoms with Gasteiger partial charge >= 0.3 is 0 Å². The lowest BCUT2D eigenvalue weighted by Gasteiger charge is -2.12. The van der Waals surface area contributed by atoms with Crippen molar-refractivity contribution >= 4 is 0 Å². The van der Waals surface area contributed by atoms with E-state index in [1.54, 1.807) is 17.8 Å². The number of aliphatic hydroxyl groups is 1. The maximum Gasteiger partial charge on any atom is 0.128 e. The van der Waals surface area contributed by atoms with E-state index in [-0.39, 0.29) is 5.82 Å². The number of aryl methyl sites for hydroxylation is 1. The van der Waals surface area contributed by atoms with Gasteiger partial charge in [-0.15, -0.1) is 0 Å². The van der Waals surface area contributed by atoms with Crippen LogP contribution in [0.3, 0.4) is 0 Å².